The molecule has 0 aliphatic carbocycles. The molecule has 0 aromatic rings. The van der Waals surface area contributed by atoms with Crippen LogP contribution >= 0.6 is 0 Å². The summed E-state index contributed by atoms with van der Waals surface area (Å²) >= 11 is 0. The lowest BCUT2D eigenvalue weighted by Gasteiger charge is -2.12. The Bertz CT molecular complexity index is 190. The summed E-state index contributed by atoms with van der Waals surface area (Å²) in [5.41, 5.74) is 0. The summed E-state index contributed by atoms with van der Waals surface area (Å²) < 4.78 is 14.1. The lowest BCUT2D eigenvalue weighted by Crippen LogP contribution is -2.22. The number of ether oxygens (including phenoxy) is 3. The summed E-state index contributed by atoms with van der Waals surface area (Å²) in [6, 6.07) is 0. The second-order valence-corrected chi connectivity index (χ2v) is 2.65. The molecule has 5 nitrogen and oxygen atoms in total. The van der Waals surface area contributed by atoms with E-state index in [1.165, 1.54) is 0 Å². The topological polar surface area (TPSA) is 61.8 Å². The quantitative estimate of drug-likeness (QED) is 0.635. The summed E-state index contributed by atoms with van der Waals surface area (Å²) in [5, 5.41) is 0. The van der Waals surface area contributed by atoms with Crippen LogP contribution in [-0.2, 0) is 19.0 Å². The Morgan fingerprint density at radius 1 is 1.21 bits per heavy atom. The molecule has 0 saturated carbocycles. The average molecular weight is 204 g/mol. The van der Waals surface area contributed by atoms with Crippen molar-refractivity contribution < 1.29 is 23.8 Å². The monoisotopic (exact) mass is 204 g/mol. The maximum Gasteiger partial charge on any atom is 0.508 e. The fourth-order valence-electron chi connectivity index (χ4n) is 0.663. The molecule has 0 aliphatic rings. The van der Waals surface area contributed by atoms with E-state index in [9.17, 15) is 9.59 Å². The second kappa shape index (κ2) is 7.17. The molecule has 0 aliphatic heterocycles. The van der Waals surface area contributed by atoms with Crippen LogP contribution in [0.5, 0.6) is 0 Å². The van der Waals surface area contributed by atoms with Crippen LogP contribution in [0.15, 0.2) is 0 Å². The van der Waals surface area contributed by atoms with Gasteiger partial charge in [0.05, 0.1) is 6.61 Å². The van der Waals surface area contributed by atoms with Gasteiger partial charge in [0.15, 0.2) is 0 Å². The normalized spacial score (nSPS) is 11.6. The molecule has 1 unspecified atom stereocenters. The first-order valence-electron chi connectivity index (χ1n) is 4.59. The third-order valence-corrected chi connectivity index (χ3v) is 1.33. The number of carbonyl (C=O) groups excluding carboxylic acids is 2. The number of hydrogen-bond acceptors (Lipinski definition) is 5. The highest BCUT2D eigenvalue weighted by molar-refractivity contribution is 5.68. The third kappa shape index (κ3) is 6.28. The predicted molar refractivity (Wildman–Crippen MR) is 48.8 cm³/mol. The van der Waals surface area contributed by atoms with E-state index in [0.717, 1.165) is 0 Å². The molecule has 0 aromatic carbocycles. The van der Waals surface area contributed by atoms with Crippen LogP contribution in [-0.4, -0.2) is 31.4 Å². The number of esters is 1. The van der Waals surface area contributed by atoms with Gasteiger partial charge in [-0.15, -0.1) is 0 Å². The van der Waals surface area contributed by atoms with Crippen molar-refractivity contribution in [2.45, 2.75) is 33.3 Å². The lowest BCUT2D eigenvalue weighted by atomic mass is 10.4. The van der Waals surface area contributed by atoms with Crippen LogP contribution in [0.4, 0.5) is 4.79 Å². The molecular weight excluding hydrogens is 188 g/mol. The van der Waals surface area contributed by atoms with Crippen LogP contribution < -0.4 is 0 Å². The molecule has 14 heavy (non-hydrogen) atoms. The van der Waals surface area contributed by atoms with E-state index < -0.39 is 12.3 Å². The molecule has 0 fully saturated rings. The Kier molecular flexibility index (Phi) is 6.53. The van der Waals surface area contributed by atoms with Crippen LogP contribution in [0, 0.1) is 0 Å². The first kappa shape index (κ1) is 12.7. The predicted octanol–water partition coefficient (Wildman–Crippen LogP) is 1.50. The van der Waals surface area contributed by atoms with E-state index in [0.29, 0.717) is 6.42 Å². The fraction of sp³-hybridized carbons (Fsp3) is 0.778. The van der Waals surface area contributed by atoms with E-state index in [2.05, 4.69) is 4.74 Å². The highest BCUT2D eigenvalue weighted by Crippen LogP contribution is 1.96. The van der Waals surface area contributed by atoms with Gasteiger partial charge in [0.25, 0.3) is 0 Å². The van der Waals surface area contributed by atoms with E-state index >= 15 is 0 Å². The highest BCUT2D eigenvalue weighted by Gasteiger charge is 2.11. The lowest BCUT2D eigenvalue weighted by molar-refractivity contribution is -0.146. The molecule has 0 aromatic heterocycles. The second-order valence-electron chi connectivity index (χ2n) is 2.65. The Morgan fingerprint density at radius 3 is 2.36 bits per heavy atom. The molecule has 0 rings (SSSR count). The average Bonchev–Trinajstić information content (AvgIpc) is 2.14. The van der Waals surface area contributed by atoms with Gasteiger partial charge in [-0.2, -0.15) is 0 Å². The van der Waals surface area contributed by atoms with Crippen LogP contribution in [0.2, 0.25) is 0 Å². The molecule has 0 heterocycles. The standard InChI is InChI=1S/C9H16O5/c1-4-8(10)13-6-7(3)14-9(11)12-5-2/h7H,4-6H2,1-3H3. The minimum absolute atomic E-state index is 0.0610. The van der Waals surface area contributed by atoms with Crippen LogP contribution in [0.3, 0.4) is 0 Å². The van der Waals surface area contributed by atoms with Crippen molar-refractivity contribution in [2.24, 2.45) is 0 Å². The van der Waals surface area contributed by atoms with Crippen molar-refractivity contribution in [1.82, 2.24) is 0 Å². The molecule has 0 spiro atoms. The SMILES string of the molecule is CCOC(=O)OC(C)COC(=O)CC. The first-order chi connectivity index (χ1) is 6.60. The summed E-state index contributed by atoms with van der Waals surface area (Å²) in [6.07, 6.45) is -0.913. The summed E-state index contributed by atoms with van der Waals surface area (Å²) in [5.74, 6) is -0.315. The number of hydrogen-bond donors (Lipinski definition) is 0. The largest absolute Gasteiger partial charge is 0.508 e. The van der Waals surface area contributed by atoms with Gasteiger partial charge in [0.1, 0.15) is 12.7 Å². The zero-order valence-electron chi connectivity index (χ0n) is 8.74. The maximum atomic E-state index is 10.8. The summed E-state index contributed by atoms with van der Waals surface area (Å²) in [4.78, 5) is 21.5. The molecular formula is C9H16O5. The Morgan fingerprint density at radius 2 is 1.86 bits per heavy atom. The highest BCUT2D eigenvalue weighted by atomic mass is 16.7. The van der Waals surface area contributed by atoms with E-state index in [1.54, 1.807) is 20.8 Å². The zero-order valence-corrected chi connectivity index (χ0v) is 8.74. The van der Waals surface area contributed by atoms with Gasteiger partial charge >= 0.3 is 12.1 Å². The van der Waals surface area contributed by atoms with Crippen molar-refractivity contribution in [3.05, 3.63) is 0 Å². The van der Waals surface area contributed by atoms with Crippen molar-refractivity contribution in [3.63, 3.8) is 0 Å². The summed E-state index contributed by atoms with van der Waals surface area (Å²) in [6.45, 7) is 5.33. The van der Waals surface area contributed by atoms with Crippen molar-refractivity contribution in [3.8, 4) is 0 Å². The van der Waals surface area contributed by atoms with Gasteiger partial charge in [0, 0.05) is 6.42 Å². The Hall–Kier alpha value is -1.26. The molecule has 82 valence electrons. The minimum atomic E-state index is -0.743. The number of carbonyl (C=O) groups is 2. The molecule has 0 bridgehead atoms. The van der Waals surface area contributed by atoms with Crippen molar-refractivity contribution in [1.29, 1.82) is 0 Å². The zero-order chi connectivity index (χ0) is 11.0. The van der Waals surface area contributed by atoms with Crippen LogP contribution in [0.1, 0.15) is 27.2 Å². The minimum Gasteiger partial charge on any atom is -0.462 e. The maximum absolute atomic E-state index is 10.8. The molecule has 0 N–H and O–H groups in total. The molecule has 0 amide bonds. The summed E-state index contributed by atoms with van der Waals surface area (Å²) in [7, 11) is 0. The van der Waals surface area contributed by atoms with Crippen LogP contribution in [0.25, 0.3) is 0 Å². The fourth-order valence-corrected chi connectivity index (χ4v) is 0.663. The van der Waals surface area contributed by atoms with Gasteiger partial charge in [-0.3, -0.25) is 4.79 Å². The van der Waals surface area contributed by atoms with E-state index in [1.807, 2.05) is 0 Å². The van der Waals surface area contributed by atoms with Crippen molar-refractivity contribution in [2.75, 3.05) is 13.2 Å². The third-order valence-electron chi connectivity index (χ3n) is 1.33. The van der Waals surface area contributed by atoms with Gasteiger partial charge < -0.3 is 14.2 Å². The van der Waals surface area contributed by atoms with Gasteiger partial charge in [-0.1, -0.05) is 6.92 Å². The Balaban J connectivity index is 3.59. The Labute approximate surface area is 83.3 Å². The van der Waals surface area contributed by atoms with Gasteiger partial charge in [0.2, 0.25) is 0 Å². The van der Waals surface area contributed by atoms with Gasteiger partial charge in [-0.05, 0) is 13.8 Å². The molecule has 0 saturated heterocycles. The molecule has 5 heteroatoms. The first-order valence-corrected chi connectivity index (χ1v) is 4.59. The van der Waals surface area contributed by atoms with Crippen molar-refractivity contribution >= 4 is 12.1 Å². The number of rotatable bonds is 5. The molecule has 0 radical (unpaired) electrons. The van der Waals surface area contributed by atoms with E-state index in [-0.39, 0.29) is 19.2 Å². The van der Waals surface area contributed by atoms with Gasteiger partial charge in [-0.25, -0.2) is 4.79 Å². The molecule has 1 atom stereocenters. The van der Waals surface area contributed by atoms with E-state index in [4.69, 9.17) is 9.47 Å². The smallest absolute Gasteiger partial charge is 0.462 e.